The number of piperazine rings is 1. The van der Waals surface area contributed by atoms with E-state index >= 15 is 0 Å². The summed E-state index contributed by atoms with van der Waals surface area (Å²) in [5, 5.41) is 3.14. The number of amides is 3. The van der Waals surface area contributed by atoms with E-state index in [0.29, 0.717) is 5.75 Å². The van der Waals surface area contributed by atoms with E-state index in [0.717, 1.165) is 39.3 Å². The van der Waals surface area contributed by atoms with Crippen molar-refractivity contribution in [1.82, 2.24) is 20.0 Å². The summed E-state index contributed by atoms with van der Waals surface area (Å²) >= 11 is 1.71. The number of nitrogens with one attached hydrogen (secondary N) is 1. The molecular formula is C21H32N4O2S. The summed E-state index contributed by atoms with van der Waals surface area (Å²) in [6.45, 7) is 12.8. The van der Waals surface area contributed by atoms with Crippen LogP contribution in [-0.2, 0) is 4.79 Å². The minimum absolute atomic E-state index is 0.0118. The molecule has 0 aromatic heterocycles. The van der Waals surface area contributed by atoms with Gasteiger partial charge >= 0.3 is 6.03 Å². The Bertz CT molecular complexity index is 693. The summed E-state index contributed by atoms with van der Waals surface area (Å²) in [5.41, 5.74) is 2.22. The van der Waals surface area contributed by atoms with E-state index in [1.54, 1.807) is 11.8 Å². The molecule has 1 atom stereocenters. The minimum atomic E-state index is -0.215. The lowest BCUT2D eigenvalue weighted by Crippen LogP contribution is -2.55. The molecule has 0 saturated carbocycles. The highest BCUT2D eigenvalue weighted by atomic mass is 32.2. The first-order valence-electron chi connectivity index (χ1n) is 10.00. The Kier molecular flexibility index (Phi) is 6.55. The van der Waals surface area contributed by atoms with Crippen LogP contribution in [0.15, 0.2) is 24.3 Å². The summed E-state index contributed by atoms with van der Waals surface area (Å²) in [6.07, 6.45) is 0. The SMILES string of the molecule is Cc1ccc(C2SCC(=O)N2CCN2CCN(C(=O)NC(C)(C)C)CC2)cc1. The quantitative estimate of drug-likeness (QED) is 0.838. The van der Waals surface area contributed by atoms with Gasteiger partial charge in [-0.3, -0.25) is 9.69 Å². The number of thioether (sulfide) groups is 1. The first-order chi connectivity index (χ1) is 13.2. The van der Waals surface area contributed by atoms with Crippen molar-refractivity contribution < 1.29 is 9.59 Å². The van der Waals surface area contributed by atoms with Gasteiger partial charge in [0, 0.05) is 44.8 Å². The monoisotopic (exact) mass is 404 g/mol. The lowest BCUT2D eigenvalue weighted by molar-refractivity contribution is -0.128. The third kappa shape index (κ3) is 5.41. The van der Waals surface area contributed by atoms with E-state index in [9.17, 15) is 9.59 Å². The third-order valence-electron chi connectivity index (χ3n) is 5.13. The summed E-state index contributed by atoms with van der Waals surface area (Å²) in [6, 6.07) is 8.49. The van der Waals surface area contributed by atoms with Crippen LogP contribution in [0.5, 0.6) is 0 Å². The molecule has 2 aliphatic rings. The maximum Gasteiger partial charge on any atom is 0.317 e. The summed E-state index contributed by atoms with van der Waals surface area (Å²) < 4.78 is 0. The Balaban J connectivity index is 1.49. The van der Waals surface area contributed by atoms with Gasteiger partial charge in [0.15, 0.2) is 0 Å². The molecule has 1 aromatic rings. The molecule has 3 amide bonds. The van der Waals surface area contributed by atoms with Crippen LogP contribution in [0.2, 0.25) is 0 Å². The molecular weight excluding hydrogens is 372 g/mol. The van der Waals surface area contributed by atoms with E-state index < -0.39 is 0 Å². The number of rotatable bonds is 4. The Morgan fingerprint density at radius 3 is 2.36 bits per heavy atom. The Morgan fingerprint density at radius 2 is 1.75 bits per heavy atom. The van der Waals surface area contributed by atoms with Gasteiger partial charge in [0.2, 0.25) is 5.91 Å². The maximum absolute atomic E-state index is 12.4. The smallest absolute Gasteiger partial charge is 0.317 e. The van der Waals surface area contributed by atoms with Crippen LogP contribution < -0.4 is 5.32 Å². The molecule has 6 nitrogen and oxygen atoms in total. The average molecular weight is 405 g/mol. The second kappa shape index (κ2) is 8.74. The fourth-order valence-corrected chi connectivity index (χ4v) is 4.75. The molecule has 28 heavy (non-hydrogen) atoms. The molecule has 0 radical (unpaired) electrons. The maximum atomic E-state index is 12.4. The molecule has 0 spiro atoms. The number of urea groups is 1. The second-order valence-electron chi connectivity index (χ2n) is 8.67. The lowest BCUT2D eigenvalue weighted by Gasteiger charge is -2.37. The number of benzene rings is 1. The molecule has 2 heterocycles. The van der Waals surface area contributed by atoms with Crippen molar-refractivity contribution in [2.24, 2.45) is 0 Å². The lowest BCUT2D eigenvalue weighted by atomic mass is 10.1. The summed E-state index contributed by atoms with van der Waals surface area (Å²) in [7, 11) is 0. The van der Waals surface area contributed by atoms with Crippen molar-refractivity contribution in [2.75, 3.05) is 45.0 Å². The van der Waals surface area contributed by atoms with E-state index in [1.807, 2.05) is 30.6 Å². The van der Waals surface area contributed by atoms with Crippen molar-refractivity contribution in [1.29, 1.82) is 0 Å². The number of nitrogens with zero attached hydrogens (tertiary/aromatic N) is 3. The zero-order valence-electron chi connectivity index (χ0n) is 17.4. The fourth-order valence-electron chi connectivity index (χ4n) is 3.53. The van der Waals surface area contributed by atoms with Crippen LogP contribution in [0.1, 0.15) is 37.3 Å². The van der Waals surface area contributed by atoms with Crippen LogP contribution in [0.4, 0.5) is 4.79 Å². The minimum Gasteiger partial charge on any atom is -0.333 e. The van der Waals surface area contributed by atoms with Crippen molar-refractivity contribution >= 4 is 23.7 Å². The molecule has 3 rings (SSSR count). The van der Waals surface area contributed by atoms with Gasteiger partial charge in [-0.15, -0.1) is 11.8 Å². The van der Waals surface area contributed by atoms with Gasteiger partial charge in [0.05, 0.1) is 5.75 Å². The van der Waals surface area contributed by atoms with Gasteiger partial charge < -0.3 is 15.1 Å². The molecule has 154 valence electrons. The number of carbonyl (C=O) groups is 2. The predicted molar refractivity (Wildman–Crippen MR) is 114 cm³/mol. The van der Waals surface area contributed by atoms with E-state index in [4.69, 9.17) is 0 Å². The topological polar surface area (TPSA) is 55.9 Å². The van der Waals surface area contributed by atoms with Gasteiger partial charge in [-0.25, -0.2) is 4.79 Å². The molecule has 7 heteroatoms. The Morgan fingerprint density at radius 1 is 1.11 bits per heavy atom. The van der Waals surface area contributed by atoms with Crippen LogP contribution in [0, 0.1) is 6.92 Å². The first-order valence-corrected chi connectivity index (χ1v) is 11.0. The second-order valence-corrected chi connectivity index (χ2v) is 9.74. The molecule has 0 bridgehead atoms. The Hall–Kier alpha value is -1.73. The normalized spacial score (nSPS) is 21.3. The molecule has 1 N–H and O–H groups in total. The molecule has 0 aliphatic carbocycles. The molecule has 2 aliphatic heterocycles. The average Bonchev–Trinajstić information content (AvgIpc) is 3.00. The number of hydrogen-bond donors (Lipinski definition) is 1. The number of hydrogen-bond acceptors (Lipinski definition) is 4. The molecule has 1 unspecified atom stereocenters. The van der Waals surface area contributed by atoms with Gasteiger partial charge in [0.1, 0.15) is 5.37 Å². The Labute approximate surface area is 172 Å². The highest BCUT2D eigenvalue weighted by Crippen LogP contribution is 2.38. The summed E-state index contributed by atoms with van der Waals surface area (Å²) in [4.78, 5) is 30.9. The van der Waals surface area contributed by atoms with E-state index in [1.165, 1.54) is 11.1 Å². The largest absolute Gasteiger partial charge is 0.333 e. The van der Waals surface area contributed by atoms with Crippen molar-refractivity contribution in [3.8, 4) is 0 Å². The van der Waals surface area contributed by atoms with Crippen LogP contribution in [0.25, 0.3) is 0 Å². The van der Waals surface area contributed by atoms with Crippen molar-refractivity contribution in [3.63, 3.8) is 0 Å². The molecule has 2 saturated heterocycles. The van der Waals surface area contributed by atoms with Crippen LogP contribution >= 0.6 is 11.8 Å². The van der Waals surface area contributed by atoms with Gasteiger partial charge in [-0.1, -0.05) is 29.8 Å². The standard InChI is InChI=1S/C21H32N4O2S/c1-16-5-7-17(8-6-16)19-25(18(26)15-28-19)14-11-23-9-12-24(13-10-23)20(27)22-21(2,3)4/h5-8,19H,9-15H2,1-4H3,(H,22,27). The van der Waals surface area contributed by atoms with Crippen molar-refractivity contribution in [2.45, 2.75) is 38.6 Å². The number of aryl methyl sites for hydroxylation is 1. The highest BCUT2D eigenvalue weighted by molar-refractivity contribution is 8.00. The number of carbonyl (C=O) groups excluding carboxylic acids is 2. The van der Waals surface area contributed by atoms with E-state index in [2.05, 4.69) is 41.4 Å². The first kappa shape index (κ1) is 21.0. The predicted octanol–water partition coefficient (Wildman–Crippen LogP) is 2.69. The molecule has 1 aromatic carbocycles. The highest BCUT2D eigenvalue weighted by Gasteiger charge is 2.33. The molecule has 2 fully saturated rings. The van der Waals surface area contributed by atoms with Gasteiger partial charge in [-0.2, -0.15) is 0 Å². The van der Waals surface area contributed by atoms with Crippen molar-refractivity contribution in [3.05, 3.63) is 35.4 Å². The zero-order valence-corrected chi connectivity index (χ0v) is 18.2. The zero-order chi connectivity index (χ0) is 20.3. The third-order valence-corrected chi connectivity index (χ3v) is 6.39. The van der Waals surface area contributed by atoms with Crippen LogP contribution in [-0.4, -0.2) is 77.2 Å². The van der Waals surface area contributed by atoms with E-state index in [-0.39, 0.29) is 22.9 Å². The van der Waals surface area contributed by atoms with Crippen LogP contribution in [0.3, 0.4) is 0 Å². The summed E-state index contributed by atoms with van der Waals surface area (Å²) in [5.74, 6) is 0.776. The fraction of sp³-hybridized carbons (Fsp3) is 0.619. The van der Waals surface area contributed by atoms with Gasteiger partial charge in [0.25, 0.3) is 0 Å². The van der Waals surface area contributed by atoms with Gasteiger partial charge in [-0.05, 0) is 33.3 Å².